The second-order valence-corrected chi connectivity index (χ2v) is 10.8. The summed E-state index contributed by atoms with van der Waals surface area (Å²) in [4.78, 5) is 58.7. The van der Waals surface area contributed by atoms with Gasteiger partial charge in [-0.3, -0.25) is 24.2 Å². The number of carbonyl (C=O) groups excluding carboxylic acids is 4. The molecule has 2 aliphatic heterocycles. The molecule has 0 bridgehead atoms. The second-order valence-electron chi connectivity index (χ2n) is 10.8. The van der Waals surface area contributed by atoms with E-state index in [2.05, 4.69) is 20.9 Å². The topological polar surface area (TPSA) is 198 Å². The van der Waals surface area contributed by atoms with Crippen LogP contribution in [-0.2, 0) is 38.6 Å². The van der Waals surface area contributed by atoms with Crippen LogP contribution < -0.4 is 33.2 Å². The molecule has 1 saturated heterocycles. The first-order chi connectivity index (χ1) is 20.2. The molecule has 0 aromatic heterocycles. The quantitative estimate of drug-likeness (QED) is 0.111. The van der Waals surface area contributed by atoms with E-state index >= 15 is 0 Å². The molecule has 2 aromatic carbocycles. The van der Waals surface area contributed by atoms with Crippen molar-refractivity contribution in [1.29, 1.82) is 0 Å². The summed E-state index contributed by atoms with van der Waals surface area (Å²) in [5.41, 5.74) is 19.4. The van der Waals surface area contributed by atoms with E-state index in [9.17, 15) is 19.2 Å². The first-order valence-corrected chi connectivity index (χ1v) is 14.3. The van der Waals surface area contributed by atoms with E-state index in [0.717, 1.165) is 29.7 Å². The first-order valence-electron chi connectivity index (χ1n) is 14.3. The molecule has 42 heavy (non-hydrogen) atoms. The van der Waals surface area contributed by atoms with E-state index in [0.29, 0.717) is 12.8 Å². The number of guanidine groups is 1. The number of hydrogen-bond acceptors (Lipinski definition) is 6. The molecule has 2 heterocycles. The number of benzene rings is 2. The molecule has 0 saturated carbocycles. The van der Waals surface area contributed by atoms with Gasteiger partial charge in [0.15, 0.2) is 5.96 Å². The number of primary amides is 1. The molecule has 1 fully saturated rings. The van der Waals surface area contributed by atoms with Gasteiger partial charge in [-0.2, -0.15) is 0 Å². The predicted octanol–water partition coefficient (Wildman–Crippen LogP) is -0.557. The Bertz CT molecular complexity index is 1290. The Hall–Kier alpha value is -4.45. The Labute approximate surface area is 245 Å². The number of nitrogens with two attached hydrogens (primary N) is 3. The van der Waals surface area contributed by atoms with Crippen LogP contribution in [0.5, 0.6) is 0 Å². The Morgan fingerprint density at radius 2 is 1.67 bits per heavy atom. The highest BCUT2D eigenvalue weighted by Crippen LogP contribution is 2.24. The summed E-state index contributed by atoms with van der Waals surface area (Å²) in [5.74, 6) is -1.90. The summed E-state index contributed by atoms with van der Waals surface area (Å²) in [5, 5.41) is 8.91. The molecular formula is C30H40N8O4. The van der Waals surface area contributed by atoms with Gasteiger partial charge in [-0.05, 0) is 48.9 Å². The SMILES string of the molecule is NC(=O)[C@@H]1Cc2ccccc2CN1C(=O)[C@H](CCCN=C(N)N)NC(=O)[C@H](Cc1ccccc1)NC(=O)[C@@H]1CCCN1. The Morgan fingerprint density at radius 3 is 2.33 bits per heavy atom. The zero-order valence-electron chi connectivity index (χ0n) is 23.6. The van der Waals surface area contributed by atoms with Gasteiger partial charge in [0.25, 0.3) is 0 Å². The lowest BCUT2D eigenvalue weighted by Gasteiger charge is -2.37. The lowest BCUT2D eigenvalue weighted by atomic mass is 9.92. The van der Waals surface area contributed by atoms with Crippen molar-refractivity contribution in [2.45, 2.75) is 69.2 Å². The van der Waals surface area contributed by atoms with Gasteiger partial charge in [0.2, 0.25) is 23.6 Å². The molecule has 4 atom stereocenters. The van der Waals surface area contributed by atoms with Crippen molar-refractivity contribution in [2.24, 2.45) is 22.2 Å². The lowest BCUT2D eigenvalue weighted by molar-refractivity contribution is -0.144. The third-order valence-corrected chi connectivity index (χ3v) is 7.71. The predicted molar refractivity (Wildman–Crippen MR) is 159 cm³/mol. The van der Waals surface area contributed by atoms with Crippen molar-refractivity contribution in [3.8, 4) is 0 Å². The van der Waals surface area contributed by atoms with Gasteiger partial charge in [-0.25, -0.2) is 0 Å². The molecule has 0 spiro atoms. The van der Waals surface area contributed by atoms with Crippen molar-refractivity contribution in [2.75, 3.05) is 13.1 Å². The zero-order valence-corrected chi connectivity index (χ0v) is 23.6. The fourth-order valence-corrected chi connectivity index (χ4v) is 5.48. The monoisotopic (exact) mass is 576 g/mol. The van der Waals surface area contributed by atoms with Crippen LogP contribution in [0.2, 0.25) is 0 Å². The highest BCUT2D eigenvalue weighted by atomic mass is 16.2. The maximum absolute atomic E-state index is 14.0. The molecule has 0 radical (unpaired) electrons. The number of nitrogens with zero attached hydrogens (tertiary/aromatic N) is 2. The van der Waals surface area contributed by atoms with Crippen molar-refractivity contribution >= 4 is 29.6 Å². The average Bonchev–Trinajstić information content (AvgIpc) is 3.53. The van der Waals surface area contributed by atoms with Crippen LogP contribution in [0.4, 0.5) is 0 Å². The fourth-order valence-electron chi connectivity index (χ4n) is 5.48. The fraction of sp³-hybridized carbons (Fsp3) is 0.433. The summed E-state index contributed by atoms with van der Waals surface area (Å²) < 4.78 is 0. The number of fused-ring (bicyclic) bond motifs is 1. The minimum atomic E-state index is -1.00. The standard InChI is InChI=1S/C30H40N8O4/c31-26(39)25-17-20-10-4-5-11-21(20)18-38(25)29(42)23(13-7-15-35-30(32)33)36-28(41)24(16-19-8-2-1-3-9-19)37-27(40)22-12-6-14-34-22/h1-5,8-11,22-25,34H,6-7,12-18H2,(H2,31,39)(H,36,41)(H,37,40)(H4,32,33,35)/t22-,23-,24-,25-/m0/s1. The van der Waals surface area contributed by atoms with Gasteiger partial charge in [0, 0.05) is 25.9 Å². The summed E-state index contributed by atoms with van der Waals surface area (Å²) in [6.45, 7) is 1.17. The van der Waals surface area contributed by atoms with Crippen LogP contribution in [0.3, 0.4) is 0 Å². The third kappa shape index (κ3) is 8.06. The molecule has 4 amide bonds. The van der Waals surface area contributed by atoms with Gasteiger partial charge >= 0.3 is 0 Å². The molecule has 2 aromatic rings. The van der Waals surface area contributed by atoms with Gasteiger partial charge in [-0.15, -0.1) is 0 Å². The second kappa shape index (κ2) is 14.4. The van der Waals surface area contributed by atoms with E-state index in [1.54, 1.807) is 0 Å². The highest BCUT2D eigenvalue weighted by Gasteiger charge is 2.38. The minimum Gasteiger partial charge on any atom is -0.370 e. The van der Waals surface area contributed by atoms with Crippen molar-refractivity contribution in [1.82, 2.24) is 20.9 Å². The molecule has 4 rings (SSSR count). The highest BCUT2D eigenvalue weighted by molar-refractivity contribution is 5.95. The zero-order chi connectivity index (χ0) is 30.1. The Balaban J connectivity index is 1.56. The maximum Gasteiger partial charge on any atom is 0.246 e. The summed E-state index contributed by atoms with van der Waals surface area (Å²) in [6, 6.07) is 13.7. The normalized spacial score (nSPS) is 19.2. The molecule has 0 aliphatic carbocycles. The summed E-state index contributed by atoms with van der Waals surface area (Å²) in [7, 11) is 0. The minimum absolute atomic E-state index is 0.0745. The molecule has 12 nitrogen and oxygen atoms in total. The van der Waals surface area contributed by atoms with Crippen LogP contribution in [0.1, 0.15) is 42.4 Å². The Morgan fingerprint density at radius 1 is 0.952 bits per heavy atom. The van der Waals surface area contributed by atoms with E-state index in [1.165, 1.54) is 4.90 Å². The molecule has 9 N–H and O–H groups in total. The summed E-state index contributed by atoms with van der Waals surface area (Å²) >= 11 is 0. The molecule has 0 unspecified atom stereocenters. The Kier molecular flexibility index (Phi) is 10.5. The number of amides is 4. The molecule has 12 heteroatoms. The van der Waals surface area contributed by atoms with Crippen LogP contribution in [0.25, 0.3) is 0 Å². The summed E-state index contributed by atoms with van der Waals surface area (Å²) in [6.07, 6.45) is 2.68. The van der Waals surface area contributed by atoms with Crippen LogP contribution in [0, 0.1) is 0 Å². The largest absolute Gasteiger partial charge is 0.370 e. The third-order valence-electron chi connectivity index (χ3n) is 7.71. The smallest absolute Gasteiger partial charge is 0.246 e. The van der Waals surface area contributed by atoms with E-state index in [1.807, 2.05) is 54.6 Å². The van der Waals surface area contributed by atoms with Gasteiger partial charge in [0.1, 0.15) is 18.1 Å². The number of aliphatic imine (C=N–C) groups is 1. The van der Waals surface area contributed by atoms with Crippen molar-refractivity contribution < 1.29 is 19.2 Å². The number of rotatable bonds is 12. The van der Waals surface area contributed by atoms with Crippen molar-refractivity contribution in [3.05, 3.63) is 71.3 Å². The van der Waals surface area contributed by atoms with Crippen LogP contribution in [0.15, 0.2) is 59.6 Å². The molecule has 224 valence electrons. The van der Waals surface area contributed by atoms with E-state index < -0.39 is 35.8 Å². The van der Waals surface area contributed by atoms with Gasteiger partial charge < -0.3 is 38.1 Å². The molecule has 2 aliphatic rings. The van der Waals surface area contributed by atoms with Gasteiger partial charge in [-0.1, -0.05) is 54.6 Å². The average molecular weight is 577 g/mol. The van der Waals surface area contributed by atoms with Crippen LogP contribution in [-0.4, -0.2) is 71.7 Å². The number of carbonyl (C=O) groups is 4. The van der Waals surface area contributed by atoms with Gasteiger partial charge in [0.05, 0.1) is 6.04 Å². The molecular weight excluding hydrogens is 536 g/mol. The first kappa shape index (κ1) is 30.5. The van der Waals surface area contributed by atoms with E-state index in [-0.39, 0.29) is 50.3 Å². The van der Waals surface area contributed by atoms with E-state index in [4.69, 9.17) is 17.2 Å². The maximum atomic E-state index is 14.0. The number of nitrogens with one attached hydrogen (secondary N) is 3. The van der Waals surface area contributed by atoms with Crippen molar-refractivity contribution in [3.63, 3.8) is 0 Å². The lowest BCUT2D eigenvalue weighted by Crippen LogP contribution is -2.59. The number of hydrogen-bond donors (Lipinski definition) is 6. The van der Waals surface area contributed by atoms with Crippen LogP contribution >= 0.6 is 0 Å².